The molecule has 128 valence electrons. The minimum Gasteiger partial charge on any atom is -0.494 e. The molecule has 1 aliphatic rings. The van der Waals surface area contributed by atoms with Gasteiger partial charge in [0.05, 0.1) is 6.61 Å². The molecule has 0 spiro atoms. The van der Waals surface area contributed by atoms with Crippen LogP contribution in [0.3, 0.4) is 0 Å². The highest BCUT2D eigenvalue weighted by Crippen LogP contribution is 2.24. The summed E-state index contributed by atoms with van der Waals surface area (Å²) in [7, 11) is 0. The van der Waals surface area contributed by atoms with Gasteiger partial charge in [-0.05, 0) is 49.0 Å². The molecule has 4 nitrogen and oxygen atoms in total. The number of benzene rings is 1. The van der Waals surface area contributed by atoms with Crippen LogP contribution < -0.4 is 10.1 Å². The van der Waals surface area contributed by atoms with Crippen LogP contribution in [0.2, 0.25) is 0 Å². The van der Waals surface area contributed by atoms with Crippen LogP contribution in [0.1, 0.15) is 51.5 Å². The van der Waals surface area contributed by atoms with E-state index in [-0.39, 0.29) is 17.5 Å². The zero-order valence-corrected chi connectivity index (χ0v) is 14.5. The maximum absolute atomic E-state index is 12.4. The van der Waals surface area contributed by atoms with Crippen molar-refractivity contribution in [1.29, 1.82) is 5.26 Å². The van der Waals surface area contributed by atoms with E-state index in [4.69, 9.17) is 4.74 Å². The van der Waals surface area contributed by atoms with Crippen LogP contribution in [0.5, 0.6) is 5.75 Å². The fourth-order valence-corrected chi connectivity index (χ4v) is 2.97. The molecule has 2 rings (SSSR count). The summed E-state index contributed by atoms with van der Waals surface area (Å²) in [5.41, 5.74) is 0.970. The summed E-state index contributed by atoms with van der Waals surface area (Å²) >= 11 is 0. The van der Waals surface area contributed by atoms with Gasteiger partial charge in [-0.2, -0.15) is 5.26 Å². The average molecular weight is 326 g/mol. The van der Waals surface area contributed by atoms with Crippen LogP contribution in [0, 0.1) is 17.2 Å². The smallest absolute Gasteiger partial charge is 0.262 e. The van der Waals surface area contributed by atoms with Gasteiger partial charge in [-0.3, -0.25) is 4.79 Å². The van der Waals surface area contributed by atoms with Crippen LogP contribution in [-0.4, -0.2) is 18.6 Å². The summed E-state index contributed by atoms with van der Waals surface area (Å²) in [6, 6.07) is 9.63. The lowest BCUT2D eigenvalue weighted by molar-refractivity contribution is -0.118. The number of carbonyl (C=O) groups excluding carboxylic acids is 1. The van der Waals surface area contributed by atoms with Gasteiger partial charge in [-0.25, -0.2) is 0 Å². The number of amides is 1. The highest BCUT2D eigenvalue weighted by atomic mass is 16.5. The normalized spacial score (nSPS) is 21.0. The Kier molecular flexibility index (Phi) is 6.87. The van der Waals surface area contributed by atoms with Crippen molar-refractivity contribution in [2.45, 2.75) is 52.0 Å². The third-order valence-electron chi connectivity index (χ3n) is 4.46. The quantitative estimate of drug-likeness (QED) is 0.633. The third-order valence-corrected chi connectivity index (χ3v) is 4.46. The van der Waals surface area contributed by atoms with E-state index in [0.29, 0.717) is 12.5 Å². The molecule has 0 heterocycles. The van der Waals surface area contributed by atoms with Gasteiger partial charge in [-0.1, -0.05) is 38.8 Å². The van der Waals surface area contributed by atoms with E-state index < -0.39 is 0 Å². The van der Waals surface area contributed by atoms with Crippen LogP contribution in [0.15, 0.2) is 29.8 Å². The van der Waals surface area contributed by atoms with Crippen molar-refractivity contribution in [3.05, 3.63) is 35.4 Å². The maximum atomic E-state index is 12.4. The molecule has 1 aliphatic carbocycles. The number of hydrogen-bond acceptors (Lipinski definition) is 3. The van der Waals surface area contributed by atoms with Crippen molar-refractivity contribution < 1.29 is 9.53 Å². The first kappa shape index (κ1) is 18.1. The molecule has 1 N–H and O–H groups in total. The number of hydrogen-bond donors (Lipinski definition) is 1. The molecular formula is C20H26N2O2. The van der Waals surface area contributed by atoms with Crippen LogP contribution >= 0.6 is 0 Å². The first-order valence-electron chi connectivity index (χ1n) is 8.79. The van der Waals surface area contributed by atoms with E-state index in [0.717, 1.165) is 37.0 Å². The average Bonchev–Trinajstić information content (AvgIpc) is 2.60. The fraction of sp³-hybridized carbons (Fsp3) is 0.500. The van der Waals surface area contributed by atoms with E-state index in [9.17, 15) is 10.1 Å². The topological polar surface area (TPSA) is 62.1 Å². The Bertz CT molecular complexity index is 614. The Morgan fingerprint density at radius 1 is 1.33 bits per heavy atom. The molecule has 0 radical (unpaired) electrons. The maximum Gasteiger partial charge on any atom is 0.262 e. The third kappa shape index (κ3) is 5.13. The number of carbonyl (C=O) groups is 1. The van der Waals surface area contributed by atoms with Gasteiger partial charge >= 0.3 is 0 Å². The number of nitriles is 1. The summed E-state index contributed by atoms with van der Waals surface area (Å²) in [5, 5.41) is 12.3. The van der Waals surface area contributed by atoms with Crippen molar-refractivity contribution in [1.82, 2.24) is 5.32 Å². The second-order valence-corrected chi connectivity index (χ2v) is 6.43. The zero-order chi connectivity index (χ0) is 17.4. The number of nitrogens with one attached hydrogen (secondary N) is 1. The first-order chi connectivity index (χ1) is 11.6. The molecule has 2 atom stereocenters. The molecule has 0 bridgehead atoms. The molecule has 1 amide bonds. The summed E-state index contributed by atoms with van der Waals surface area (Å²) in [5.74, 6) is 0.994. The van der Waals surface area contributed by atoms with E-state index in [1.807, 2.05) is 30.3 Å². The van der Waals surface area contributed by atoms with E-state index in [2.05, 4.69) is 19.2 Å². The molecule has 1 aromatic carbocycles. The molecule has 1 fully saturated rings. The first-order valence-corrected chi connectivity index (χ1v) is 8.79. The largest absolute Gasteiger partial charge is 0.494 e. The van der Waals surface area contributed by atoms with Crippen molar-refractivity contribution in [3.63, 3.8) is 0 Å². The fourth-order valence-electron chi connectivity index (χ4n) is 2.97. The Morgan fingerprint density at radius 2 is 2.04 bits per heavy atom. The highest BCUT2D eigenvalue weighted by molar-refractivity contribution is 6.01. The van der Waals surface area contributed by atoms with Gasteiger partial charge < -0.3 is 10.1 Å². The molecular weight excluding hydrogens is 300 g/mol. The van der Waals surface area contributed by atoms with E-state index in [1.54, 1.807) is 6.08 Å². The molecule has 0 saturated heterocycles. The Morgan fingerprint density at radius 3 is 2.67 bits per heavy atom. The Balaban J connectivity index is 2.02. The minimum absolute atomic E-state index is 0.148. The van der Waals surface area contributed by atoms with Crippen LogP contribution in [-0.2, 0) is 4.79 Å². The zero-order valence-electron chi connectivity index (χ0n) is 14.5. The molecule has 24 heavy (non-hydrogen) atoms. The lowest BCUT2D eigenvalue weighted by Crippen LogP contribution is -2.41. The lowest BCUT2D eigenvalue weighted by Gasteiger charge is -2.29. The second-order valence-electron chi connectivity index (χ2n) is 6.43. The predicted octanol–water partition coefficient (Wildman–Crippen LogP) is 4.08. The van der Waals surface area contributed by atoms with Gasteiger partial charge in [0.25, 0.3) is 5.91 Å². The lowest BCUT2D eigenvalue weighted by atomic mass is 9.86. The van der Waals surface area contributed by atoms with Crippen molar-refractivity contribution in [3.8, 4) is 11.8 Å². The molecule has 1 saturated carbocycles. The Hall–Kier alpha value is -2.28. The van der Waals surface area contributed by atoms with Crippen molar-refractivity contribution in [2.75, 3.05) is 6.61 Å². The number of rotatable bonds is 6. The highest BCUT2D eigenvalue weighted by Gasteiger charge is 2.23. The SMILES string of the molecule is CCCOc1ccc(/C=C(\C#N)C(=O)NC2CCCCC2C)cc1. The molecule has 1 aromatic rings. The van der Waals surface area contributed by atoms with E-state index in [1.165, 1.54) is 6.42 Å². The van der Waals surface area contributed by atoms with Crippen LogP contribution in [0.25, 0.3) is 6.08 Å². The van der Waals surface area contributed by atoms with Gasteiger partial charge in [0.1, 0.15) is 17.4 Å². The molecule has 0 aromatic heterocycles. The monoisotopic (exact) mass is 326 g/mol. The van der Waals surface area contributed by atoms with Gasteiger partial charge in [0.15, 0.2) is 0 Å². The van der Waals surface area contributed by atoms with Crippen molar-refractivity contribution >= 4 is 12.0 Å². The number of nitrogens with zero attached hydrogens (tertiary/aromatic N) is 1. The van der Waals surface area contributed by atoms with Crippen LogP contribution in [0.4, 0.5) is 0 Å². The summed E-state index contributed by atoms with van der Waals surface area (Å²) < 4.78 is 5.54. The van der Waals surface area contributed by atoms with Gasteiger partial charge in [0, 0.05) is 6.04 Å². The summed E-state index contributed by atoms with van der Waals surface area (Å²) in [6.45, 7) is 4.90. The van der Waals surface area contributed by atoms with Gasteiger partial charge in [-0.15, -0.1) is 0 Å². The molecule has 2 unspecified atom stereocenters. The molecule has 0 aliphatic heterocycles. The van der Waals surface area contributed by atoms with E-state index >= 15 is 0 Å². The summed E-state index contributed by atoms with van der Waals surface area (Å²) in [4.78, 5) is 12.4. The standard InChI is InChI=1S/C20H26N2O2/c1-3-12-24-18-10-8-16(9-11-18)13-17(14-21)20(23)22-19-7-5-4-6-15(19)2/h8-11,13,15,19H,3-7,12H2,1-2H3,(H,22,23)/b17-13+. The Labute approximate surface area is 144 Å². The van der Waals surface area contributed by atoms with Gasteiger partial charge in [0.2, 0.25) is 0 Å². The second kappa shape index (κ2) is 9.12. The predicted molar refractivity (Wildman–Crippen MR) is 95.4 cm³/mol. The van der Waals surface area contributed by atoms with Crippen molar-refractivity contribution in [2.24, 2.45) is 5.92 Å². The molecule has 4 heteroatoms. The minimum atomic E-state index is -0.275. The number of ether oxygens (including phenoxy) is 1. The summed E-state index contributed by atoms with van der Waals surface area (Å²) in [6.07, 6.45) is 7.08.